The number of hydrogen-bond donors (Lipinski definition) is 2. The number of carbonyl (C=O) groups is 1. The lowest BCUT2D eigenvalue weighted by atomic mass is 10.1. The van der Waals surface area contributed by atoms with Crippen LogP contribution >= 0.6 is 0 Å². The van der Waals surface area contributed by atoms with Gasteiger partial charge < -0.3 is 10.1 Å². The minimum absolute atomic E-state index is 0.106. The summed E-state index contributed by atoms with van der Waals surface area (Å²) in [5.41, 5.74) is -0.129. The highest BCUT2D eigenvalue weighted by molar-refractivity contribution is 6.11. The van der Waals surface area contributed by atoms with Crippen molar-refractivity contribution in [2.24, 2.45) is 0 Å². The maximum atomic E-state index is 12.3. The van der Waals surface area contributed by atoms with Gasteiger partial charge in [0.05, 0.1) is 5.39 Å². The second-order valence-corrected chi connectivity index (χ2v) is 4.27. The van der Waals surface area contributed by atoms with E-state index in [1.807, 2.05) is 0 Å². The molecule has 3 aromatic rings. The molecule has 0 spiro atoms. The van der Waals surface area contributed by atoms with Crippen LogP contribution in [0.2, 0.25) is 0 Å². The largest absolute Gasteiger partial charge is 0.505 e. The molecule has 0 aliphatic heterocycles. The van der Waals surface area contributed by atoms with Gasteiger partial charge in [0.1, 0.15) is 11.2 Å². The molecule has 0 fully saturated rings. The number of H-pyrrole nitrogens is 1. The molecule has 5 nitrogen and oxygen atoms in total. The fourth-order valence-electron chi connectivity index (χ4n) is 2.04. The summed E-state index contributed by atoms with van der Waals surface area (Å²) in [5, 5.41) is 10.4. The van der Waals surface area contributed by atoms with Crippen LogP contribution in [0, 0.1) is 0 Å². The highest BCUT2D eigenvalue weighted by Gasteiger charge is 2.18. The summed E-state index contributed by atoms with van der Waals surface area (Å²) < 4.78 is 0. The van der Waals surface area contributed by atoms with Gasteiger partial charge in [-0.2, -0.15) is 0 Å². The molecule has 20 heavy (non-hydrogen) atoms. The lowest BCUT2D eigenvalue weighted by Crippen LogP contribution is -2.15. The van der Waals surface area contributed by atoms with Crippen molar-refractivity contribution in [1.29, 1.82) is 0 Å². The van der Waals surface area contributed by atoms with Gasteiger partial charge in [0.15, 0.2) is 5.75 Å². The van der Waals surface area contributed by atoms with Crippen LogP contribution in [0.1, 0.15) is 16.1 Å². The molecule has 0 aliphatic carbocycles. The van der Waals surface area contributed by atoms with E-state index in [0.717, 1.165) is 0 Å². The van der Waals surface area contributed by atoms with Crippen LogP contribution < -0.4 is 5.56 Å². The van der Waals surface area contributed by atoms with Crippen molar-refractivity contribution >= 4 is 16.7 Å². The third-order valence-corrected chi connectivity index (χ3v) is 3.02. The molecule has 2 N–H and O–H groups in total. The zero-order chi connectivity index (χ0) is 14.1. The molecule has 0 radical (unpaired) electrons. The van der Waals surface area contributed by atoms with Crippen LogP contribution in [0.3, 0.4) is 0 Å². The fraction of sp³-hybridized carbons (Fsp3) is 0. The highest BCUT2D eigenvalue weighted by atomic mass is 16.3. The standard InChI is InChI=1S/C15H10N2O3/c18-13(9-5-2-1-3-6-9)12-14(19)10-7-4-8-16-11(10)15(20)17-12/h1-8,19H,(H,17,20). The van der Waals surface area contributed by atoms with Gasteiger partial charge in [0, 0.05) is 11.8 Å². The van der Waals surface area contributed by atoms with Crippen LogP contribution in [0.4, 0.5) is 0 Å². The first-order valence-corrected chi connectivity index (χ1v) is 5.98. The van der Waals surface area contributed by atoms with Gasteiger partial charge in [-0.15, -0.1) is 0 Å². The summed E-state index contributed by atoms with van der Waals surface area (Å²) in [4.78, 5) is 30.5. The molecule has 2 heterocycles. The predicted molar refractivity (Wildman–Crippen MR) is 73.9 cm³/mol. The van der Waals surface area contributed by atoms with Crippen LogP contribution in [-0.2, 0) is 0 Å². The Balaban J connectivity index is 2.25. The first-order chi connectivity index (χ1) is 9.68. The van der Waals surface area contributed by atoms with Crippen LogP contribution in [-0.4, -0.2) is 20.9 Å². The van der Waals surface area contributed by atoms with Gasteiger partial charge in [-0.25, -0.2) is 0 Å². The van der Waals surface area contributed by atoms with Crippen LogP contribution in [0.15, 0.2) is 53.5 Å². The normalized spacial score (nSPS) is 10.6. The van der Waals surface area contributed by atoms with Gasteiger partial charge in [-0.3, -0.25) is 14.6 Å². The summed E-state index contributed by atoms with van der Waals surface area (Å²) in [6.45, 7) is 0. The van der Waals surface area contributed by atoms with Gasteiger partial charge >= 0.3 is 0 Å². The topological polar surface area (TPSA) is 83.0 Å². The third kappa shape index (κ3) is 1.85. The summed E-state index contributed by atoms with van der Waals surface area (Å²) in [5.74, 6) is -0.701. The van der Waals surface area contributed by atoms with Crippen molar-refractivity contribution in [3.05, 3.63) is 70.3 Å². The Hall–Kier alpha value is -2.95. The predicted octanol–water partition coefficient (Wildman–Crippen LogP) is 1.86. The second kappa shape index (κ2) is 4.62. The third-order valence-electron chi connectivity index (χ3n) is 3.02. The molecule has 0 atom stereocenters. The van der Waals surface area contributed by atoms with Gasteiger partial charge in [0.25, 0.3) is 5.56 Å². The number of aromatic hydroxyl groups is 1. The first-order valence-electron chi connectivity index (χ1n) is 5.98. The Labute approximate surface area is 113 Å². The van der Waals surface area contributed by atoms with Crippen molar-refractivity contribution in [1.82, 2.24) is 9.97 Å². The number of carbonyl (C=O) groups excluding carboxylic acids is 1. The quantitative estimate of drug-likeness (QED) is 0.693. The maximum absolute atomic E-state index is 12.3. The molecule has 0 saturated carbocycles. The van der Waals surface area contributed by atoms with Crippen LogP contribution in [0.5, 0.6) is 5.75 Å². The monoisotopic (exact) mass is 266 g/mol. The van der Waals surface area contributed by atoms with E-state index in [-0.39, 0.29) is 22.3 Å². The van der Waals surface area contributed by atoms with E-state index in [0.29, 0.717) is 5.56 Å². The number of fused-ring (bicyclic) bond motifs is 1. The Kier molecular flexibility index (Phi) is 2.80. The lowest BCUT2D eigenvalue weighted by Gasteiger charge is -2.06. The first kappa shape index (κ1) is 12.1. The Morgan fingerprint density at radius 1 is 1.10 bits per heavy atom. The number of pyridine rings is 2. The number of aromatic nitrogens is 2. The molecular formula is C15H10N2O3. The summed E-state index contributed by atoms with van der Waals surface area (Å²) in [6, 6.07) is 11.6. The number of rotatable bonds is 2. The number of ketones is 1. The number of nitrogens with zero attached hydrogens (tertiary/aromatic N) is 1. The molecule has 0 amide bonds. The SMILES string of the molecule is O=C(c1ccccc1)c1[nH]c(=O)c2ncccc2c1O. The molecule has 1 aromatic carbocycles. The van der Waals surface area contributed by atoms with Gasteiger partial charge in [-0.1, -0.05) is 30.3 Å². The van der Waals surface area contributed by atoms with Gasteiger partial charge in [0.2, 0.25) is 5.78 Å². The van der Waals surface area contributed by atoms with Crippen LogP contribution in [0.25, 0.3) is 10.9 Å². The molecule has 0 saturated heterocycles. The second-order valence-electron chi connectivity index (χ2n) is 4.27. The van der Waals surface area contributed by atoms with E-state index in [9.17, 15) is 14.7 Å². The van der Waals surface area contributed by atoms with E-state index in [1.54, 1.807) is 42.5 Å². The Morgan fingerprint density at radius 2 is 1.85 bits per heavy atom. The number of nitrogens with one attached hydrogen (secondary N) is 1. The minimum atomic E-state index is -0.502. The molecule has 0 aliphatic rings. The van der Waals surface area contributed by atoms with E-state index >= 15 is 0 Å². The summed E-state index contributed by atoms with van der Waals surface area (Å²) in [7, 11) is 0. The molecule has 98 valence electrons. The number of hydrogen-bond acceptors (Lipinski definition) is 4. The van der Waals surface area contributed by atoms with Crippen molar-refractivity contribution < 1.29 is 9.90 Å². The van der Waals surface area contributed by atoms with Crippen molar-refractivity contribution in [3.8, 4) is 5.75 Å². The fourth-order valence-corrected chi connectivity index (χ4v) is 2.04. The smallest absolute Gasteiger partial charge is 0.275 e. The van der Waals surface area contributed by atoms with E-state index in [4.69, 9.17) is 0 Å². The molecule has 5 heteroatoms. The molecule has 0 bridgehead atoms. The van der Waals surface area contributed by atoms with E-state index < -0.39 is 11.3 Å². The summed E-state index contributed by atoms with van der Waals surface area (Å²) in [6.07, 6.45) is 1.45. The molecular weight excluding hydrogens is 256 g/mol. The average molecular weight is 266 g/mol. The average Bonchev–Trinajstić information content (AvgIpc) is 2.51. The number of aromatic amines is 1. The number of benzene rings is 1. The lowest BCUT2D eigenvalue weighted by molar-refractivity contribution is 0.103. The zero-order valence-corrected chi connectivity index (χ0v) is 10.3. The summed E-state index contributed by atoms with van der Waals surface area (Å²) >= 11 is 0. The Morgan fingerprint density at radius 3 is 2.60 bits per heavy atom. The molecule has 0 unspecified atom stereocenters. The van der Waals surface area contributed by atoms with Crippen molar-refractivity contribution in [2.75, 3.05) is 0 Å². The highest BCUT2D eigenvalue weighted by Crippen LogP contribution is 2.25. The van der Waals surface area contributed by atoms with Gasteiger partial charge in [-0.05, 0) is 12.1 Å². The Bertz CT molecular complexity index is 854. The van der Waals surface area contributed by atoms with E-state index in [2.05, 4.69) is 9.97 Å². The van der Waals surface area contributed by atoms with E-state index in [1.165, 1.54) is 6.20 Å². The maximum Gasteiger partial charge on any atom is 0.275 e. The molecule has 2 aromatic heterocycles. The minimum Gasteiger partial charge on any atom is -0.505 e. The molecule has 3 rings (SSSR count). The zero-order valence-electron chi connectivity index (χ0n) is 10.3. The van der Waals surface area contributed by atoms with Crippen molar-refractivity contribution in [2.45, 2.75) is 0 Å². The van der Waals surface area contributed by atoms with Crippen molar-refractivity contribution in [3.63, 3.8) is 0 Å².